The van der Waals surface area contributed by atoms with Gasteiger partial charge in [0.15, 0.2) is 0 Å². The van der Waals surface area contributed by atoms with Crippen LogP contribution in [0.5, 0.6) is 0 Å². The van der Waals surface area contributed by atoms with Crippen LogP contribution in [0.4, 0.5) is 10.5 Å². The first-order valence-corrected chi connectivity index (χ1v) is 10.3. The number of anilines is 1. The first kappa shape index (κ1) is 20.9. The van der Waals surface area contributed by atoms with Gasteiger partial charge in [0.2, 0.25) is 0 Å². The monoisotopic (exact) mass is 394 g/mol. The molecule has 0 spiro atoms. The van der Waals surface area contributed by atoms with Gasteiger partial charge in [-0.05, 0) is 43.3 Å². The van der Waals surface area contributed by atoms with Crippen molar-refractivity contribution in [2.24, 2.45) is 0 Å². The summed E-state index contributed by atoms with van der Waals surface area (Å²) in [5.74, 6) is -0.114. The lowest BCUT2D eigenvalue weighted by Gasteiger charge is -2.30. The molecule has 0 unspecified atom stereocenters. The first-order valence-electron chi connectivity index (χ1n) is 10.3. The predicted molar refractivity (Wildman–Crippen MR) is 116 cm³/mol. The Morgan fingerprint density at radius 2 is 1.90 bits per heavy atom. The topological polar surface area (TPSA) is 64.7 Å². The van der Waals surface area contributed by atoms with Gasteiger partial charge < -0.3 is 10.6 Å². The van der Waals surface area contributed by atoms with E-state index in [0.717, 1.165) is 25.2 Å². The molecular weight excluding hydrogens is 364 g/mol. The number of hydrogen-bond acceptors (Lipinski definition) is 3. The number of carbonyl (C=O) groups excluding carboxylic acids is 2. The SMILES string of the molecule is CCN(CC)[C@@H](CNC(=O)c1cccc(N2CCNC2=O)c1)Cc1ccccc1. The van der Waals surface area contributed by atoms with Crippen molar-refractivity contribution < 1.29 is 9.59 Å². The van der Waals surface area contributed by atoms with Gasteiger partial charge in [0.25, 0.3) is 5.91 Å². The maximum absolute atomic E-state index is 12.8. The van der Waals surface area contributed by atoms with Gasteiger partial charge >= 0.3 is 6.03 Å². The van der Waals surface area contributed by atoms with E-state index in [1.54, 1.807) is 17.0 Å². The summed E-state index contributed by atoms with van der Waals surface area (Å²) in [4.78, 5) is 28.7. The molecule has 1 fully saturated rings. The Balaban J connectivity index is 1.67. The zero-order valence-electron chi connectivity index (χ0n) is 17.2. The normalized spacial score (nSPS) is 14.7. The van der Waals surface area contributed by atoms with Crippen molar-refractivity contribution in [2.75, 3.05) is 37.6 Å². The third-order valence-electron chi connectivity index (χ3n) is 5.42. The number of amides is 3. The van der Waals surface area contributed by atoms with E-state index >= 15 is 0 Å². The van der Waals surface area contributed by atoms with E-state index in [-0.39, 0.29) is 18.0 Å². The van der Waals surface area contributed by atoms with Crippen LogP contribution in [0.15, 0.2) is 54.6 Å². The fourth-order valence-electron chi connectivity index (χ4n) is 3.80. The van der Waals surface area contributed by atoms with E-state index in [2.05, 4.69) is 41.5 Å². The van der Waals surface area contributed by atoms with Crippen molar-refractivity contribution in [3.63, 3.8) is 0 Å². The second kappa shape index (κ2) is 10.1. The van der Waals surface area contributed by atoms with E-state index in [1.165, 1.54) is 5.56 Å². The standard InChI is InChI=1S/C23H30N4O2/c1-3-26(4-2)21(15-18-9-6-5-7-10-18)17-25-22(28)19-11-8-12-20(16-19)27-14-13-24-23(27)29/h5-12,16,21H,3-4,13-15,17H2,1-2H3,(H,24,29)(H,25,28)/t21-/m1/s1. The number of nitrogens with one attached hydrogen (secondary N) is 2. The molecule has 0 saturated carbocycles. The number of hydrogen-bond donors (Lipinski definition) is 2. The van der Waals surface area contributed by atoms with Crippen LogP contribution in [0, 0.1) is 0 Å². The fraction of sp³-hybridized carbons (Fsp3) is 0.391. The summed E-state index contributed by atoms with van der Waals surface area (Å²) in [7, 11) is 0. The maximum atomic E-state index is 12.8. The Kier molecular flexibility index (Phi) is 7.25. The Morgan fingerprint density at radius 3 is 2.55 bits per heavy atom. The summed E-state index contributed by atoms with van der Waals surface area (Å²) < 4.78 is 0. The fourth-order valence-corrected chi connectivity index (χ4v) is 3.80. The number of benzene rings is 2. The predicted octanol–water partition coefficient (Wildman–Crippen LogP) is 2.90. The van der Waals surface area contributed by atoms with Crippen LogP contribution in [-0.2, 0) is 6.42 Å². The molecule has 0 radical (unpaired) electrons. The molecule has 0 aliphatic carbocycles. The number of rotatable bonds is 9. The Bertz CT molecular complexity index is 821. The zero-order chi connectivity index (χ0) is 20.6. The molecule has 3 amide bonds. The molecule has 1 heterocycles. The van der Waals surface area contributed by atoms with Crippen molar-refractivity contribution in [1.82, 2.24) is 15.5 Å². The van der Waals surface area contributed by atoms with Crippen molar-refractivity contribution in [1.29, 1.82) is 0 Å². The van der Waals surface area contributed by atoms with Gasteiger partial charge in [-0.25, -0.2) is 4.79 Å². The number of urea groups is 1. The summed E-state index contributed by atoms with van der Waals surface area (Å²) in [5, 5.41) is 5.88. The van der Waals surface area contributed by atoms with Gasteiger partial charge in [0.1, 0.15) is 0 Å². The molecule has 1 saturated heterocycles. The molecule has 6 heteroatoms. The molecule has 154 valence electrons. The Morgan fingerprint density at radius 1 is 1.14 bits per heavy atom. The van der Waals surface area contributed by atoms with Crippen LogP contribution < -0.4 is 15.5 Å². The molecule has 2 aromatic carbocycles. The molecule has 1 aliphatic heterocycles. The average Bonchev–Trinajstić information content (AvgIpc) is 3.19. The van der Waals surface area contributed by atoms with E-state index in [0.29, 0.717) is 25.2 Å². The second-order valence-electron chi connectivity index (χ2n) is 7.21. The highest BCUT2D eigenvalue weighted by Gasteiger charge is 2.22. The Labute approximate surface area is 172 Å². The lowest BCUT2D eigenvalue weighted by molar-refractivity contribution is 0.0934. The number of likely N-dealkylation sites (N-methyl/N-ethyl adjacent to an activating group) is 1. The third kappa shape index (κ3) is 5.35. The van der Waals surface area contributed by atoms with Gasteiger partial charge in [-0.1, -0.05) is 50.2 Å². The summed E-state index contributed by atoms with van der Waals surface area (Å²) in [6.45, 7) is 7.98. The molecule has 29 heavy (non-hydrogen) atoms. The highest BCUT2D eigenvalue weighted by Crippen LogP contribution is 2.18. The summed E-state index contributed by atoms with van der Waals surface area (Å²) in [6, 6.07) is 17.7. The Hall–Kier alpha value is -2.86. The van der Waals surface area contributed by atoms with E-state index in [9.17, 15) is 9.59 Å². The van der Waals surface area contributed by atoms with Crippen molar-refractivity contribution in [2.45, 2.75) is 26.3 Å². The molecule has 0 aromatic heterocycles. The van der Waals surface area contributed by atoms with Crippen molar-refractivity contribution in [3.05, 3.63) is 65.7 Å². The maximum Gasteiger partial charge on any atom is 0.321 e. The first-order chi connectivity index (χ1) is 14.1. The summed E-state index contributed by atoms with van der Waals surface area (Å²) >= 11 is 0. The van der Waals surface area contributed by atoms with Gasteiger partial charge in [0.05, 0.1) is 0 Å². The molecule has 1 aliphatic rings. The van der Waals surface area contributed by atoms with Crippen LogP contribution >= 0.6 is 0 Å². The molecule has 0 bridgehead atoms. The minimum atomic E-state index is -0.119. The van der Waals surface area contributed by atoms with Crippen LogP contribution in [0.3, 0.4) is 0 Å². The zero-order valence-corrected chi connectivity index (χ0v) is 17.2. The number of nitrogens with zero attached hydrogens (tertiary/aromatic N) is 2. The number of carbonyl (C=O) groups is 2. The van der Waals surface area contributed by atoms with Crippen LogP contribution in [0.1, 0.15) is 29.8 Å². The van der Waals surface area contributed by atoms with Crippen LogP contribution in [-0.4, -0.2) is 55.6 Å². The van der Waals surface area contributed by atoms with Crippen LogP contribution in [0.2, 0.25) is 0 Å². The lowest BCUT2D eigenvalue weighted by atomic mass is 10.0. The molecule has 1 atom stereocenters. The van der Waals surface area contributed by atoms with E-state index < -0.39 is 0 Å². The highest BCUT2D eigenvalue weighted by atomic mass is 16.2. The van der Waals surface area contributed by atoms with Gasteiger partial charge in [-0.15, -0.1) is 0 Å². The highest BCUT2D eigenvalue weighted by molar-refractivity contribution is 5.98. The van der Waals surface area contributed by atoms with Gasteiger partial charge in [0, 0.05) is 36.9 Å². The molecule has 3 rings (SSSR count). The smallest absolute Gasteiger partial charge is 0.321 e. The quantitative estimate of drug-likeness (QED) is 0.687. The average molecular weight is 395 g/mol. The summed E-state index contributed by atoms with van der Waals surface area (Å²) in [6.07, 6.45) is 0.886. The largest absolute Gasteiger partial charge is 0.350 e. The van der Waals surface area contributed by atoms with Crippen molar-refractivity contribution in [3.8, 4) is 0 Å². The van der Waals surface area contributed by atoms with Gasteiger partial charge in [-0.2, -0.15) is 0 Å². The minimum Gasteiger partial charge on any atom is -0.350 e. The molecular formula is C23H30N4O2. The second-order valence-corrected chi connectivity index (χ2v) is 7.21. The minimum absolute atomic E-state index is 0.114. The van der Waals surface area contributed by atoms with Crippen LogP contribution in [0.25, 0.3) is 0 Å². The summed E-state index contributed by atoms with van der Waals surface area (Å²) in [5.41, 5.74) is 2.58. The van der Waals surface area contributed by atoms with E-state index in [1.807, 2.05) is 30.3 Å². The van der Waals surface area contributed by atoms with E-state index in [4.69, 9.17) is 0 Å². The molecule has 2 aromatic rings. The van der Waals surface area contributed by atoms with Gasteiger partial charge in [-0.3, -0.25) is 14.6 Å². The van der Waals surface area contributed by atoms with Crippen molar-refractivity contribution >= 4 is 17.6 Å². The third-order valence-corrected chi connectivity index (χ3v) is 5.42. The molecule has 2 N–H and O–H groups in total. The molecule has 6 nitrogen and oxygen atoms in total. The lowest BCUT2D eigenvalue weighted by Crippen LogP contribution is -2.45.